The topological polar surface area (TPSA) is 45.1 Å². The summed E-state index contributed by atoms with van der Waals surface area (Å²) in [5.41, 5.74) is 2.97. The van der Waals surface area contributed by atoms with Gasteiger partial charge < -0.3 is 14.5 Å². The highest BCUT2D eigenvalue weighted by atomic mass is 32.2. The predicted octanol–water partition coefficient (Wildman–Crippen LogP) is 1.76. The number of rotatable bonds is 1. The van der Waals surface area contributed by atoms with Crippen molar-refractivity contribution in [2.24, 2.45) is 4.99 Å². The molecule has 20 heavy (non-hydrogen) atoms. The third-order valence-corrected chi connectivity index (χ3v) is 4.62. The summed E-state index contributed by atoms with van der Waals surface area (Å²) in [6, 6.07) is 5.91. The third kappa shape index (κ3) is 1.57. The van der Waals surface area contributed by atoms with Crippen LogP contribution in [-0.4, -0.2) is 42.7 Å². The molecule has 0 saturated carbocycles. The SMILES string of the molecule is CN1C(=O)COc2c(C3=CSC4=NCCN34)cccc21. The normalized spacial score (nSPS) is 20.4. The molecule has 5 nitrogen and oxygen atoms in total. The summed E-state index contributed by atoms with van der Waals surface area (Å²) in [5, 5.41) is 3.16. The fraction of sp³-hybridized carbons (Fsp3) is 0.286. The van der Waals surface area contributed by atoms with Crippen LogP contribution in [0.5, 0.6) is 5.75 Å². The Hall–Kier alpha value is -1.95. The van der Waals surface area contributed by atoms with Crippen LogP contribution in [0.3, 0.4) is 0 Å². The Bertz CT molecular complexity index is 668. The zero-order chi connectivity index (χ0) is 13.7. The monoisotopic (exact) mass is 287 g/mol. The lowest BCUT2D eigenvalue weighted by Gasteiger charge is -2.29. The van der Waals surface area contributed by atoms with Gasteiger partial charge in [-0.1, -0.05) is 17.8 Å². The minimum atomic E-state index is -0.0205. The first kappa shape index (κ1) is 11.8. The maximum atomic E-state index is 11.7. The van der Waals surface area contributed by atoms with Crippen LogP contribution in [-0.2, 0) is 4.79 Å². The molecule has 0 spiro atoms. The van der Waals surface area contributed by atoms with Crippen LogP contribution < -0.4 is 9.64 Å². The van der Waals surface area contributed by atoms with Gasteiger partial charge >= 0.3 is 0 Å². The van der Waals surface area contributed by atoms with E-state index in [1.54, 1.807) is 23.7 Å². The molecule has 1 aromatic rings. The summed E-state index contributed by atoms with van der Waals surface area (Å²) >= 11 is 1.65. The molecule has 0 aliphatic carbocycles. The van der Waals surface area contributed by atoms with E-state index in [9.17, 15) is 4.79 Å². The number of amides is 1. The Morgan fingerprint density at radius 2 is 2.30 bits per heavy atom. The van der Waals surface area contributed by atoms with Crippen molar-refractivity contribution >= 4 is 34.2 Å². The van der Waals surface area contributed by atoms with Gasteiger partial charge in [0.05, 0.1) is 17.9 Å². The first-order valence-corrected chi connectivity index (χ1v) is 7.35. The standard InChI is InChI=1S/C14H13N3O2S/c1-16-10-4-2-3-9(13(10)19-7-12(16)18)11-8-20-14-15-5-6-17(11)14/h2-4,8H,5-7H2,1H3. The van der Waals surface area contributed by atoms with Crippen molar-refractivity contribution in [1.29, 1.82) is 0 Å². The second-order valence-corrected chi connectivity index (χ2v) is 5.67. The van der Waals surface area contributed by atoms with Gasteiger partial charge in [-0.3, -0.25) is 9.79 Å². The lowest BCUT2D eigenvalue weighted by atomic mass is 10.1. The van der Waals surface area contributed by atoms with Crippen molar-refractivity contribution in [2.45, 2.75) is 0 Å². The van der Waals surface area contributed by atoms with Crippen LogP contribution >= 0.6 is 11.8 Å². The number of carbonyl (C=O) groups is 1. The second kappa shape index (κ2) is 4.28. The number of para-hydroxylation sites is 1. The molecule has 0 saturated heterocycles. The van der Waals surface area contributed by atoms with E-state index in [4.69, 9.17) is 4.74 Å². The van der Waals surface area contributed by atoms with Gasteiger partial charge in [-0.25, -0.2) is 0 Å². The fourth-order valence-corrected chi connectivity index (χ4v) is 3.59. The van der Waals surface area contributed by atoms with Gasteiger partial charge in [-0.2, -0.15) is 0 Å². The van der Waals surface area contributed by atoms with E-state index in [2.05, 4.69) is 15.3 Å². The zero-order valence-corrected chi connectivity index (χ0v) is 11.8. The molecule has 3 aliphatic heterocycles. The molecule has 0 unspecified atom stereocenters. The molecule has 102 valence electrons. The molecule has 6 heteroatoms. The first-order valence-electron chi connectivity index (χ1n) is 6.47. The summed E-state index contributed by atoms with van der Waals surface area (Å²) in [4.78, 5) is 20.1. The number of fused-ring (bicyclic) bond motifs is 2. The van der Waals surface area contributed by atoms with Crippen LogP contribution in [0.2, 0.25) is 0 Å². The van der Waals surface area contributed by atoms with Crippen molar-refractivity contribution in [3.63, 3.8) is 0 Å². The molecular weight excluding hydrogens is 274 g/mol. The van der Waals surface area contributed by atoms with Crippen molar-refractivity contribution in [3.05, 3.63) is 29.2 Å². The number of anilines is 1. The zero-order valence-electron chi connectivity index (χ0n) is 11.0. The minimum absolute atomic E-state index is 0.0205. The number of aliphatic imine (C=N–C) groups is 1. The van der Waals surface area contributed by atoms with Crippen molar-refractivity contribution in [2.75, 3.05) is 31.6 Å². The first-order chi connectivity index (χ1) is 9.75. The number of likely N-dealkylation sites (N-methyl/N-ethyl adjacent to an activating group) is 1. The van der Waals surface area contributed by atoms with Crippen LogP contribution in [0.1, 0.15) is 5.56 Å². The number of amidine groups is 1. The minimum Gasteiger partial charge on any atom is -0.481 e. The molecule has 1 aromatic carbocycles. The lowest BCUT2D eigenvalue weighted by molar-refractivity contribution is -0.120. The van der Waals surface area contributed by atoms with Gasteiger partial charge in [0.15, 0.2) is 17.5 Å². The number of hydrogen-bond donors (Lipinski definition) is 0. The molecular formula is C14H13N3O2S. The maximum Gasteiger partial charge on any atom is 0.264 e. The van der Waals surface area contributed by atoms with E-state index in [-0.39, 0.29) is 12.5 Å². The highest BCUT2D eigenvalue weighted by Crippen LogP contribution is 2.43. The van der Waals surface area contributed by atoms with Crippen molar-refractivity contribution < 1.29 is 9.53 Å². The molecule has 3 aliphatic rings. The van der Waals surface area contributed by atoms with Gasteiger partial charge in [-0.05, 0) is 12.1 Å². The van der Waals surface area contributed by atoms with Gasteiger partial charge in [0.2, 0.25) is 0 Å². The number of nitrogens with zero attached hydrogens (tertiary/aromatic N) is 3. The molecule has 0 aromatic heterocycles. The lowest BCUT2D eigenvalue weighted by Crippen LogP contribution is -2.36. The molecule has 4 rings (SSSR count). The molecule has 0 fully saturated rings. The molecule has 1 amide bonds. The number of carbonyl (C=O) groups excluding carboxylic acids is 1. The number of thioether (sulfide) groups is 1. The van der Waals surface area contributed by atoms with Crippen molar-refractivity contribution in [3.8, 4) is 5.75 Å². The predicted molar refractivity (Wildman–Crippen MR) is 79.9 cm³/mol. The summed E-state index contributed by atoms with van der Waals surface area (Å²) in [6.45, 7) is 1.85. The highest BCUT2D eigenvalue weighted by Gasteiger charge is 2.32. The van der Waals surface area contributed by atoms with E-state index >= 15 is 0 Å². The van der Waals surface area contributed by atoms with Gasteiger partial charge in [0.25, 0.3) is 5.91 Å². The second-order valence-electron chi connectivity index (χ2n) is 4.83. The molecule has 0 atom stereocenters. The average Bonchev–Trinajstić information content (AvgIpc) is 3.05. The Balaban J connectivity index is 1.81. The average molecular weight is 287 g/mol. The highest BCUT2D eigenvalue weighted by molar-refractivity contribution is 8.16. The Kier molecular flexibility index (Phi) is 2.53. The quantitative estimate of drug-likeness (QED) is 0.789. The molecule has 3 heterocycles. The van der Waals surface area contributed by atoms with Gasteiger partial charge in [0, 0.05) is 24.6 Å². The largest absolute Gasteiger partial charge is 0.481 e. The number of ether oxygens (including phenoxy) is 1. The molecule has 0 bridgehead atoms. The van der Waals surface area contributed by atoms with Crippen LogP contribution in [0.15, 0.2) is 28.6 Å². The van der Waals surface area contributed by atoms with Crippen LogP contribution in [0.25, 0.3) is 5.70 Å². The van der Waals surface area contributed by atoms with E-state index in [1.807, 2.05) is 18.2 Å². The maximum absolute atomic E-state index is 11.7. The third-order valence-electron chi connectivity index (χ3n) is 3.71. The fourth-order valence-electron chi connectivity index (χ4n) is 2.64. The van der Waals surface area contributed by atoms with Gasteiger partial charge in [0.1, 0.15) is 0 Å². The van der Waals surface area contributed by atoms with E-state index < -0.39 is 0 Å². The van der Waals surface area contributed by atoms with E-state index in [0.29, 0.717) is 0 Å². The molecule has 0 radical (unpaired) electrons. The Morgan fingerprint density at radius 3 is 3.20 bits per heavy atom. The summed E-state index contributed by atoms with van der Waals surface area (Å²) in [6.07, 6.45) is 0. The van der Waals surface area contributed by atoms with Crippen molar-refractivity contribution in [1.82, 2.24) is 4.90 Å². The van der Waals surface area contributed by atoms with Gasteiger partial charge in [-0.15, -0.1) is 0 Å². The smallest absolute Gasteiger partial charge is 0.264 e. The summed E-state index contributed by atoms with van der Waals surface area (Å²) < 4.78 is 5.69. The van der Waals surface area contributed by atoms with E-state index in [1.165, 1.54) is 0 Å². The van der Waals surface area contributed by atoms with Crippen LogP contribution in [0.4, 0.5) is 5.69 Å². The Morgan fingerprint density at radius 1 is 1.40 bits per heavy atom. The number of benzene rings is 1. The molecule has 0 N–H and O–H groups in total. The Labute approximate surface area is 120 Å². The number of hydrogen-bond acceptors (Lipinski definition) is 5. The summed E-state index contributed by atoms with van der Waals surface area (Å²) in [5.74, 6) is 0.766. The van der Waals surface area contributed by atoms with E-state index in [0.717, 1.165) is 41.0 Å². The summed E-state index contributed by atoms with van der Waals surface area (Å²) in [7, 11) is 1.79. The van der Waals surface area contributed by atoms with Crippen LogP contribution in [0, 0.1) is 0 Å².